The van der Waals surface area contributed by atoms with Crippen LogP contribution in [0.2, 0.25) is 0 Å². The van der Waals surface area contributed by atoms with Crippen LogP contribution in [0.3, 0.4) is 0 Å². The molecule has 0 rings (SSSR count). The average molecular weight is 217 g/mol. The highest BCUT2D eigenvalue weighted by Crippen LogP contribution is 2.08. The van der Waals surface area contributed by atoms with E-state index >= 15 is 0 Å². The van der Waals surface area contributed by atoms with Gasteiger partial charge in [0.15, 0.2) is 0 Å². The number of nitrogens with one attached hydrogen (secondary N) is 1. The standard InChI is InChI=1S/C11H23NO3/c1-3-11(2,9-13)12-8-6-4-5-7-10(14)15/h12-13H,3-9H2,1-2H3,(H,14,15). The van der Waals surface area contributed by atoms with Crippen LogP contribution in [-0.4, -0.2) is 34.9 Å². The first-order chi connectivity index (χ1) is 7.04. The van der Waals surface area contributed by atoms with Gasteiger partial charge in [0.1, 0.15) is 0 Å². The summed E-state index contributed by atoms with van der Waals surface area (Å²) < 4.78 is 0. The summed E-state index contributed by atoms with van der Waals surface area (Å²) in [4.78, 5) is 10.2. The zero-order valence-corrected chi connectivity index (χ0v) is 9.75. The molecule has 1 unspecified atom stereocenters. The second kappa shape index (κ2) is 7.65. The van der Waals surface area contributed by atoms with Gasteiger partial charge in [-0.2, -0.15) is 0 Å². The zero-order valence-electron chi connectivity index (χ0n) is 9.75. The molecule has 0 aromatic heterocycles. The van der Waals surface area contributed by atoms with Crippen LogP contribution in [0.5, 0.6) is 0 Å². The Kier molecular flexibility index (Phi) is 7.34. The minimum Gasteiger partial charge on any atom is -0.481 e. The third-order valence-electron chi connectivity index (χ3n) is 2.75. The molecule has 3 N–H and O–H groups in total. The van der Waals surface area contributed by atoms with Crippen molar-refractivity contribution in [3.63, 3.8) is 0 Å². The van der Waals surface area contributed by atoms with Crippen LogP contribution in [0.4, 0.5) is 0 Å². The molecule has 0 saturated carbocycles. The summed E-state index contributed by atoms with van der Waals surface area (Å²) in [5, 5.41) is 20.8. The minimum absolute atomic E-state index is 0.138. The van der Waals surface area contributed by atoms with E-state index in [1.165, 1.54) is 0 Å². The Morgan fingerprint density at radius 3 is 2.47 bits per heavy atom. The molecule has 1 atom stereocenters. The highest BCUT2D eigenvalue weighted by molar-refractivity contribution is 5.66. The molecule has 4 nitrogen and oxygen atoms in total. The molecule has 0 radical (unpaired) electrons. The summed E-state index contributed by atoms with van der Waals surface area (Å²) in [6.45, 7) is 5.00. The fourth-order valence-electron chi connectivity index (χ4n) is 1.26. The number of hydrogen-bond donors (Lipinski definition) is 3. The number of hydrogen-bond acceptors (Lipinski definition) is 3. The third kappa shape index (κ3) is 7.33. The number of carbonyl (C=O) groups is 1. The molecular formula is C11H23NO3. The van der Waals surface area contributed by atoms with Gasteiger partial charge in [-0.1, -0.05) is 13.3 Å². The van der Waals surface area contributed by atoms with Crippen molar-refractivity contribution >= 4 is 5.97 Å². The van der Waals surface area contributed by atoms with Crippen molar-refractivity contribution in [2.75, 3.05) is 13.2 Å². The average Bonchev–Trinajstić information content (AvgIpc) is 2.22. The monoisotopic (exact) mass is 217 g/mol. The van der Waals surface area contributed by atoms with E-state index in [0.717, 1.165) is 32.2 Å². The molecule has 0 fully saturated rings. The SMILES string of the molecule is CCC(C)(CO)NCCCCCC(=O)O. The summed E-state index contributed by atoms with van der Waals surface area (Å²) in [7, 11) is 0. The van der Waals surface area contributed by atoms with Gasteiger partial charge in [0.2, 0.25) is 0 Å². The maximum atomic E-state index is 10.2. The van der Waals surface area contributed by atoms with Gasteiger partial charge in [0, 0.05) is 12.0 Å². The molecule has 0 spiro atoms. The van der Waals surface area contributed by atoms with E-state index in [9.17, 15) is 4.79 Å². The summed E-state index contributed by atoms with van der Waals surface area (Å²) >= 11 is 0. The van der Waals surface area contributed by atoms with Gasteiger partial charge < -0.3 is 15.5 Å². The fourth-order valence-corrected chi connectivity index (χ4v) is 1.26. The van der Waals surface area contributed by atoms with E-state index in [1.807, 2.05) is 13.8 Å². The maximum absolute atomic E-state index is 10.2. The number of aliphatic carboxylic acids is 1. The minimum atomic E-state index is -0.725. The van der Waals surface area contributed by atoms with Crippen molar-refractivity contribution in [2.24, 2.45) is 0 Å². The second-order valence-corrected chi connectivity index (χ2v) is 4.20. The van der Waals surface area contributed by atoms with E-state index in [2.05, 4.69) is 5.32 Å². The largest absolute Gasteiger partial charge is 0.481 e. The van der Waals surface area contributed by atoms with E-state index in [0.29, 0.717) is 0 Å². The first kappa shape index (κ1) is 14.4. The second-order valence-electron chi connectivity index (χ2n) is 4.20. The Morgan fingerprint density at radius 2 is 2.00 bits per heavy atom. The summed E-state index contributed by atoms with van der Waals surface area (Å²) in [6.07, 6.45) is 3.76. The van der Waals surface area contributed by atoms with Gasteiger partial charge in [-0.25, -0.2) is 0 Å². The van der Waals surface area contributed by atoms with Crippen molar-refractivity contribution in [1.82, 2.24) is 5.32 Å². The van der Waals surface area contributed by atoms with Gasteiger partial charge >= 0.3 is 5.97 Å². The summed E-state index contributed by atoms with van der Waals surface area (Å²) in [5.41, 5.74) is -0.188. The molecule has 90 valence electrons. The summed E-state index contributed by atoms with van der Waals surface area (Å²) in [6, 6.07) is 0. The van der Waals surface area contributed by atoms with Gasteiger partial charge in [-0.3, -0.25) is 4.79 Å². The van der Waals surface area contributed by atoms with Crippen LogP contribution in [0.1, 0.15) is 46.0 Å². The lowest BCUT2D eigenvalue weighted by Gasteiger charge is -2.27. The smallest absolute Gasteiger partial charge is 0.303 e. The Labute approximate surface area is 91.7 Å². The molecule has 0 aromatic rings. The number of carboxylic acid groups (broad SMARTS) is 1. The van der Waals surface area contributed by atoms with Crippen LogP contribution < -0.4 is 5.32 Å². The van der Waals surface area contributed by atoms with Gasteiger partial charge in [0.05, 0.1) is 6.61 Å². The maximum Gasteiger partial charge on any atom is 0.303 e. The van der Waals surface area contributed by atoms with E-state index in [-0.39, 0.29) is 18.6 Å². The topological polar surface area (TPSA) is 69.6 Å². The first-order valence-electron chi connectivity index (χ1n) is 5.62. The quantitative estimate of drug-likeness (QED) is 0.510. The number of carboxylic acids is 1. The molecule has 0 aliphatic heterocycles. The molecule has 15 heavy (non-hydrogen) atoms. The molecule has 0 bridgehead atoms. The lowest BCUT2D eigenvalue weighted by atomic mass is 10.00. The fraction of sp³-hybridized carbons (Fsp3) is 0.909. The van der Waals surface area contributed by atoms with Crippen LogP contribution in [0.25, 0.3) is 0 Å². The normalized spacial score (nSPS) is 14.9. The first-order valence-corrected chi connectivity index (χ1v) is 5.62. The highest BCUT2D eigenvalue weighted by atomic mass is 16.4. The molecule has 0 amide bonds. The van der Waals surface area contributed by atoms with E-state index in [4.69, 9.17) is 10.2 Å². The van der Waals surface area contributed by atoms with Crippen LogP contribution in [0.15, 0.2) is 0 Å². The molecule has 0 aliphatic rings. The lowest BCUT2D eigenvalue weighted by Crippen LogP contribution is -2.45. The Balaban J connectivity index is 3.41. The predicted molar refractivity (Wildman–Crippen MR) is 59.9 cm³/mol. The van der Waals surface area contributed by atoms with Gasteiger partial charge in [-0.05, 0) is 32.7 Å². The van der Waals surface area contributed by atoms with Gasteiger partial charge in [0.25, 0.3) is 0 Å². The van der Waals surface area contributed by atoms with Crippen molar-refractivity contribution in [3.8, 4) is 0 Å². The number of aliphatic hydroxyl groups is 1. The van der Waals surface area contributed by atoms with Crippen molar-refractivity contribution in [3.05, 3.63) is 0 Å². The van der Waals surface area contributed by atoms with Crippen molar-refractivity contribution < 1.29 is 15.0 Å². The van der Waals surface area contributed by atoms with Crippen LogP contribution in [0, 0.1) is 0 Å². The third-order valence-corrected chi connectivity index (χ3v) is 2.75. The van der Waals surface area contributed by atoms with Crippen LogP contribution >= 0.6 is 0 Å². The van der Waals surface area contributed by atoms with Gasteiger partial charge in [-0.15, -0.1) is 0 Å². The lowest BCUT2D eigenvalue weighted by molar-refractivity contribution is -0.137. The van der Waals surface area contributed by atoms with Crippen molar-refractivity contribution in [1.29, 1.82) is 0 Å². The zero-order chi connectivity index (χ0) is 11.7. The highest BCUT2D eigenvalue weighted by Gasteiger charge is 2.18. The molecule has 4 heteroatoms. The molecule has 0 saturated heterocycles. The number of aliphatic hydroxyl groups excluding tert-OH is 1. The van der Waals surface area contributed by atoms with E-state index < -0.39 is 5.97 Å². The summed E-state index contributed by atoms with van der Waals surface area (Å²) in [5.74, 6) is -0.725. The molecule has 0 aromatic carbocycles. The predicted octanol–water partition coefficient (Wildman–Crippen LogP) is 1.38. The molecule has 0 heterocycles. The Bertz CT molecular complexity index is 179. The van der Waals surface area contributed by atoms with Crippen LogP contribution in [-0.2, 0) is 4.79 Å². The number of unbranched alkanes of at least 4 members (excludes halogenated alkanes) is 2. The van der Waals surface area contributed by atoms with Crippen molar-refractivity contribution in [2.45, 2.75) is 51.5 Å². The molecule has 0 aliphatic carbocycles. The number of rotatable bonds is 9. The Morgan fingerprint density at radius 1 is 1.33 bits per heavy atom. The molecular weight excluding hydrogens is 194 g/mol. The van der Waals surface area contributed by atoms with E-state index in [1.54, 1.807) is 0 Å². The Hall–Kier alpha value is -0.610.